The monoisotopic (exact) mass is 524 g/mol. The summed E-state index contributed by atoms with van der Waals surface area (Å²) in [4.78, 5) is 24.8. The molecule has 12 heteroatoms. The van der Waals surface area contributed by atoms with Crippen LogP contribution in [0.4, 0.5) is 19.0 Å². The summed E-state index contributed by atoms with van der Waals surface area (Å²) >= 11 is 0. The van der Waals surface area contributed by atoms with E-state index in [0.29, 0.717) is 35.0 Å². The Hall–Kier alpha value is -3.64. The molecule has 0 aromatic carbocycles. The van der Waals surface area contributed by atoms with Gasteiger partial charge in [0.05, 0.1) is 23.7 Å². The van der Waals surface area contributed by atoms with E-state index in [1.807, 2.05) is 6.07 Å². The first-order chi connectivity index (χ1) is 18.3. The number of halogens is 3. The summed E-state index contributed by atoms with van der Waals surface area (Å²) in [5, 5.41) is 18.9. The fraction of sp³-hybridized carbons (Fsp3) is 0.423. The molecule has 5 atom stereocenters. The molecule has 4 aromatic rings. The maximum Gasteiger partial charge on any atom is 0.281 e. The Labute approximate surface area is 214 Å². The number of aromatic nitrogens is 5. The van der Waals surface area contributed by atoms with E-state index in [0.717, 1.165) is 12.8 Å². The molecular weight excluding hydrogens is 501 g/mol. The number of anilines is 1. The highest BCUT2D eigenvalue weighted by molar-refractivity contribution is 6.00. The van der Waals surface area contributed by atoms with Crippen molar-refractivity contribution in [1.29, 1.82) is 0 Å². The van der Waals surface area contributed by atoms with Crippen LogP contribution < -0.4 is 5.32 Å². The van der Waals surface area contributed by atoms with Gasteiger partial charge < -0.3 is 15.2 Å². The quantitative estimate of drug-likeness (QED) is 0.404. The van der Waals surface area contributed by atoms with Gasteiger partial charge in [0.2, 0.25) is 5.91 Å². The average Bonchev–Trinajstić information content (AvgIpc) is 3.31. The van der Waals surface area contributed by atoms with Crippen LogP contribution in [0.2, 0.25) is 0 Å². The van der Waals surface area contributed by atoms with E-state index in [4.69, 9.17) is 4.74 Å². The summed E-state index contributed by atoms with van der Waals surface area (Å²) in [5.74, 6) is -0.895. The minimum atomic E-state index is -2.85. The third-order valence-corrected chi connectivity index (χ3v) is 7.75. The van der Waals surface area contributed by atoms with Gasteiger partial charge in [-0.2, -0.15) is 0 Å². The van der Waals surface area contributed by atoms with E-state index in [9.17, 15) is 23.1 Å². The van der Waals surface area contributed by atoms with Crippen molar-refractivity contribution in [2.24, 2.45) is 5.92 Å². The lowest BCUT2D eigenvalue weighted by molar-refractivity contribution is -0.117. The van der Waals surface area contributed by atoms with Crippen LogP contribution in [0.5, 0.6) is 0 Å². The minimum Gasteiger partial charge on any atom is -0.385 e. The molecule has 0 radical (unpaired) electrons. The molecule has 3 fully saturated rings. The summed E-state index contributed by atoms with van der Waals surface area (Å²) in [7, 11) is 0. The number of hydrogen-bond acceptors (Lipinski definition) is 7. The fourth-order valence-electron chi connectivity index (χ4n) is 5.66. The Morgan fingerprint density at radius 1 is 1.16 bits per heavy atom. The van der Waals surface area contributed by atoms with Crippen molar-refractivity contribution in [3.63, 3.8) is 0 Å². The zero-order valence-electron chi connectivity index (χ0n) is 20.0. The maximum absolute atomic E-state index is 13.7. The Balaban J connectivity index is 1.28. The van der Waals surface area contributed by atoms with Gasteiger partial charge in [-0.15, -0.1) is 5.10 Å². The highest BCUT2D eigenvalue weighted by Gasteiger charge is 2.45. The van der Waals surface area contributed by atoms with E-state index >= 15 is 0 Å². The van der Waals surface area contributed by atoms with Crippen LogP contribution in [0, 0.1) is 5.92 Å². The predicted octanol–water partition coefficient (Wildman–Crippen LogP) is 4.10. The molecule has 1 amide bonds. The molecule has 1 saturated carbocycles. The number of rotatable bonds is 5. The Morgan fingerprint density at radius 3 is 2.63 bits per heavy atom. The second-order valence-corrected chi connectivity index (χ2v) is 10.4. The van der Waals surface area contributed by atoms with Crippen molar-refractivity contribution >= 4 is 28.1 Å². The minimum absolute atomic E-state index is 0.0329. The molecule has 2 bridgehead atoms. The number of aliphatic hydroxyl groups is 1. The van der Waals surface area contributed by atoms with Gasteiger partial charge >= 0.3 is 0 Å². The standard InChI is InChI=1S/C26H23F3N6O3/c27-19-5-16(19)25(36)32-20-6-15-17(9-30-20)22(23(28)29)31-10-18(15)24-33-21-4-1-12(11-35(21)34-24)26(37)7-13-2-3-14(8-26)38-13/h1,4,6,9-11,13-14,16,19,23,37H,2-3,5,7-8H2,(H,30,32,36)/t13-,14+,16-,19+,26?/m1/s1. The number of nitrogens with one attached hydrogen (secondary N) is 1. The van der Waals surface area contributed by atoms with Crippen molar-refractivity contribution in [1.82, 2.24) is 24.6 Å². The van der Waals surface area contributed by atoms with Crippen LogP contribution in [0.1, 0.15) is 49.8 Å². The first kappa shape index (κ1) is 23.5. The number of ether oxygens (including phenoxy) is 1. The number of alkyl halides is 3. The van der Waals surface area contributed by atoms with Crippen LogP contribution >= 0.6 is 0 Å². The molecule has 2 aliphatic heterocycles. The molecule has 7 rings (SSSR count). The molecule has 4 aromatic heterocycles. The molecule has 38 heavy (non-hydrogen) atoms. The number of fused-ring (bicyclic) bond motifs is 4. The molecule has 0 spiro atoms. The zero-order valence-corrected chi connectivity index (χ0v) is 20.0. The third-order valence-electron chi connectivity index (χ3n) is 7.75. The van der Waals surface area contributed by atoms with E-state index < -0.39 is 35.7 Å². The van der Waals surface area contributed by atoms with Crippen LogP contribution in [0.25, 0.3) is 27.8 Å². The Morgan fingerprint density at radius 2 is 1.92 bits per heavy atom. The summed E-state index contributed by atoms with van der Waals surface area (Å²) in [6, 6.07) is 5.02. The molecular formula is C26H23F3N6O3. The van der Waals surface area contributed by atoms with Gasteiger partial charge in [0.1, 0.15) is 17.7 Å². The fourth-order valence-corrected chi connectivity index (χ4v) is 5.66. The summed E-state index contributed by atoms with van der Waals surface area (Å²) in [6.45, 7) is 0. The van der Waals surface area contributed by atoms with E-state index in [1.165, 1.54) is 18.5 Å². The number of carbonyl (C=O) groups is 1. The molecule has 6 heterocycles. The Kier molecular flexibility index (Phi) is 5.21. The lowest BCUT2D eigenvalue weighted by Gasteiger charge is -2.36. The second kappa shape index (κ2) is 8.43. The SMILES string of the molecule is O=C(Nc1cc2c(-c3nc4ccc(C5(O)C[C@H]6CC[C@@H](C5)O6)cn4n3)cnc(C(F)F)c2cn1)[C@@H]1C[C@@H]1F. The highest BCUT2D eigenvalue weighted by Crippen LogP contribution is 2.44. The number of nitrogens with zero attached hydrogens (tertiary/aromatic N) is 5. The predicted molar refractivity (Wildman–Crippen MR) is 129 cm³/mol. The summed E-state index contributed by atoms with van der Waals surface area (Å²) < 4.78 is 48.2. The maximum atomic E-state index is 13.7. The normalized spacial score (nSPS) is 28.3. The summed E-state index contributed by atoms with van der Waals surface area (Å²) in [5.41, 5.74) is 0.0841. The topological polar surface area (TPSA) is 115 Å². The van der Waals surface area contributed by atoms with Crippen molar-refractivity contribution in [2.75, 3.05) is 5.32 Å². The molecule has 9 nitrogen and oxygen atoms in total. The average molecular weight is 525 g/mol. The van der Waals surface area contributed by atoms with Gasteiger partial charge in [0, 0.05) is 53.3 Å². The molecule has 1 unspecified atom stereocenters. The number of pyridine rings is 3. The Bertz CT molecular complexity index is 1580. The molecule has 196 valence electrons. The number of hydrogen-bond donors (Lipinski definition) is 2. The van der Waals surface area contributed by atoms with Gasteiger partial charge in [-0.25, -0.2) is 27.7 Å². The van der Waals surface area contributed by atoms with Crippen molar-refractivity contribution in [2.45, 2.75) is 62.5 Å². The lowest BCUT2D eigenvalue weighted by Crippen LogP contribution is -2.38. The van der Waals surface area contributed by atoms with Crippen LogP contribution in [-0.2, 0) is 15.1 Å². The largest absolute Gasteiger partial charge is 0.385 e. The molecule has 1 aliphatic carbocycles. The molecule has 3 aliphatic rings. The highest BCUT2D eigenvalue weighted by atomic mass is 19.3. The van der Waals surface area contributed by atoms with E-state index in [2.05, 4.69) is 25.4 Å². The van der Waals surface area contributed by atoms with Gasteiger partial charge in [-0.3, -0.25) is 9.78 Å². The van der Waals surface area contributed by atoms with Crippen molar-refractivity contribution in [3.8, 4) is 11.4 Å². The number of amides is 1. The van der Waals surface area contributed by atoms with Gasteiger partial charge in [0.15, 0.2) is 11.5 Å². The summed E-state index contributed by atoms with van der Waals surface area (Å²) in [6.07, 6.45) is 3.29. The van der Waals surface area contributed by atoms with Crippen molar-refractivity contribution in [3.05, 3.63) is 48.0 Å². The molecule has 2 saturated heterocycles. The van der Waals surface area contributed by atoms with Gasteiger partial charge in [-0.1, -0.05) is 6.07 Å². The van der Waals surface area contributed by atoms with Crippen LogP contribution in [0.15, 0.2) is 36.8 Å². The lowest BCUT2D eigenvalue weighted by atomic mass is 9.84. The second-order valence-electron chi connectivity index (χ2n) is 10.4. The zero-order chi connectivity index (χ0) is 26.2. The van der Waals surface area contributed by atoms with Crippen LogP contribution in [0.3, 0.4) is 0 Å². The number of carbonyl (C=O) groups excluding carboxylic acids is 1. The van der Waals surface area contributed by atoms with E-state index in [-0.39, 0.29) is 35.7 Å². The first-order valence-electron chi connectivity index (χ1n) is 12.5. The van der Waals surface area contributed by atoms with Gasteiger partial charge in [0.25, 0.3) is 6.43 Å². The first-order valence-corrected chi connectivity index (χ1v) is 12.5. The van der Waals surface area contributed by atoms with E-state index in [1.54, 1.807) is 16.8 Å². The van der Waals surface area contributed by atoms with Crippen molar-refractivity contribution < 1.29 is 27.8 Å². The third kappa shape index (κ3) is 3.90. The van der Waals surface area contributed by atoms with Gasteiger partial charge in [-0.05, 0) is 31.4 Å². The molecule has 2 N–H and O–H groups in total. The smallest absolute Gasteiger partial charge is 0.281 e. The van der Waals surface area contributed by atoms with Crippen LogP contribution in [-0.4, -0.2) is 54.0 Å².